The van der Waals surface area contributed by atoms with Crippen molar-refractivity contribution in [3.63, 3.8) is 0 Å². The van der Waals surface area contributed by atoms with Crippen molar-refractivity contribution < 1.29 is 9.18 Å². The number of ketones is 1. The summed E-state index contributed by atoms with van der Waals surface area (Å²) in [4.78, 5) is 11.2. The molecule has 0 bridgehead atoms. The number of carbonyl (C=O) groups is 1. The zero-order chi connectivity index (χ0) is 10.7. The zero-order valence-corrected chi connectivity index (χ0v) is 9.06. The van der Waals surface area contributed by atoms with Crippen LogP contribution in [0, 0.1) is 24.1 Å². The van der Waals surface area contributed by atoms with Crippen molar-refractivity contribution in [2.45, 2.75) is 6.92 Å². The number of alkyl halides is 1. The predicted octanol–water partition coefficient (Wildman–Crippen LogP) is 2.58. The summed E-state index contributed by atoms with van der Waals surface area (Å²) < 4.78 is 13.2. The van der Waals surface area contributed by atoms with Crippen LogP contribution in [0.5, 0.6) is 0 Å². The first kappa shape index (κ1) is 10.9. The number of Topliss-reactive ketones (excluding diaryl/α,β-unsaturated/α-hetero) is 1. The molecule has 0 saturated carbocycles. The topological polar surface area (TPSA) is 40.9 Å². The molecule has 4 heteroatoms. The molecule has 0 N–H and O–H groups in total. The molecule has 0 fully saturated rings. The van der Waals surface area contributed by atoms with Gasteiger partial charge < -0.3 is 0 Å². The normalized spacial score (nSPS) is 9.57. The summed E-state index contributed by atoms with van der Waals surface area (Å²) in [6.07, 6.45) is 0. The number of halogens is 2. The fourth-order valence-corrected chi connectivity index (χ4v) is 1.45. The highest BCUT2D eigenvalue weighted by Gasteiger charge is 2.11. The van der Waals surface area contributed by atoms with Gasteiger partial charge in [0.15, 0.2) is 5.78 Å². The molecule has 1 aromatic carbocycles. The SMILES string of the molecule is Cc1cc(C(=O)CBr)cc(F)c1C#N. The maximum Gasteiger partial charge on any atom is 0.173 e. The highest BCUT2D eigenvalue weighted by atomic mass is 79.9. The molecule has 72 valence electrons. The number of nitriles is 1. The van der Waals surface area contributed by atoms with Crippen molar-refractivity contribution in [3.05, 3.63) is 34.6 Å². The average molecular weight is 256 g/mol. The number of carbonyl (C=O) groups excluding carboxylic acids is 1. The van der Waals surface area contributed by atoms with Crippen LogP contribution < -0.4 is 0 Å². The molecule has 0 spiro atoms. The molecule has 2 nitrogen and oxygen atoms in total. The average Bonchev–Trinajstić information content (AvgIpc) is 2.16. The lowest BCUT2D eigenvalue weighted by Gasteiger charge is -2.02. The van der Waals surface area contributed by atoms with Crippen LogP contribution in [0.2, 0.25) is 0 Å². The highest BCUT2D eigenvalue weighted by molar-refractivity contribution is 9.09. The lowest BCUT2D eigenvalue weighted by atomic mass is 10.0. The van der Waals surface area contributed by atoms with E-state index in [1.807, 2.05) is 0 Å². The van der Waals surface area contributed by atoms with Gasteiger partial charge in [0.25, 0.3) is 0 Å². The maximum absolute atomic E-state index is 13.2. The summed E-state index contributed by atoms with van der Waals surface area (Å²) in [6.45, 7) is 1.60. The van der Waals surface area contributed by atoms with Gasteiger partial charge in [-0.15, -0.1) is 0 Å². The summed E-state index contributed by atoms with van der Waals surface area (Å²) in [6, 6.07) is 4.36. The van der Waals surface area contributed by atoms with E-state index in [-0.39, 0.29) is 22.2 Å². The van der Waals surface area contributed by atoms with Crippen molar-refractivity contribution >= 4 is 21.7 Å². The van der Waals surface area contributed by atoms with Gasteiger partial charge in [-0.05, 0) is 24.6 Å². The Hall–Kier alpha value is -1.21. The summed E-state index contributed by atoms with van der Waals surface area (Å²) in [5.41, 5.74) is 0.767. The number of benzene rings is 1. The van der Waals surface area contributed by atoms with Gasteiger partial charge >= 0.3 is 0 Å². The van der Waals surface area contributed by atoms with E-state index >= 15 is 0 Å². The van der Waals surface area contributed by atoms with Gasteiger partial charge in [0.05, 0.1) is 10.9 Å². The number of hydrogen-bond acceptors (Lipinski definition) is 2. The van der Waals surface area contributed by atoms with E-state index in [0.717, 1.165) is 6.07 Å². The highest BCUT2D eigenvalue weighted by Crippen LogP contribution is 2.15. The smallest absolute Gasteiger partial charge is 0.173 e. The minimum atomic E-state index is -0.642. The molecule has 0 unspecified atom stereocenters. The van der Waals surface area contributed by atoms with Crippen molar-refractivity contribution in [2.24, 2.45) is 0 Å². The van der Waals surface area contributed by atoms with E-state index in [9.17, 15) is 9.18 Å². The Balaban J connectivity index is 3.29. The Labute approximate surface area is 89.5 Å². The molecule has 0 aliphatic carbocycles. The van der Waals surface area contributed by atoms with Crippen LogP contribution in [0.4, 0.5) is 4.39 Å². The third-order valence-electron chi connectivity index (χ3n) is 1.84. The minimum absolute atomic E-state index is 0.00359. The maximum atomic E-state index is 13.2. The quantitative estimate of drug-likeness (QED) is 0.602. The second-order valence-electron chi connectivity index (χ2n) is 2.82. The zero-order valence-electron chi connectivity index (χ0n) is 7.47. The second kappa shape index (κ2) is 4.34. The van der Waals surface area contributed by atoms with Crippen molar-refractivity contribution in [2.75, 3.05) is 5.33 Å². The van der Waals surface area contributed by atoms with Crippen LogP contribution in [0.3, 0.4) is 0 Å². The van der Waals surface area contributed by atoms with E-state index in [1.54, 1.807) is 13.0 Å². The van der Waals surface area contributed by atoms with Crippen molar-refractivity contribution in [1.82, 2.24) is 0 Å². The molecule has 0 saturated heterocycles. The Morgan fingerprint density at radius 2 is 2.29 bits per heavy atom. The molecule has 0 atom stereocenters. The molecular formula is C10H7BrFNO. The molecule has 0 aromatic heterocycles. The molecule has 0 radical (unpaired) electrons. The van der Waals surface area contributed by atoms with Gasteiger partial charge in [-0.2, -0.15) is 5.26 Å². The Morgan fingerprint density at radius 3 is 2.71 bits per heavy atom. The Bertz CT molecular complexity index is 400. The molecule has 0 heterocycles. The van der Waals surface area contributed by atoms with E-state index in [4.69, 9.17) is 5.26 Å². The van der Waals surface area contributed by atoms with Crippen LogP contribution in [0.1, 0.15) is 21.5 Å². The first-order valence-electron chi connectivity index (χ1n) is 3.89. The standard InChI is InChI=1S/C10H7BrFNO/c1-6-2-7(10(14)4-11)3-9(12)8(6)5-13/h2-3H,4H2,1H3. The van der Waals surface area contributed by atoms with Crippen LogP contribution in [0.25, 0.3) is 0 Å². The lowest BCUT2D eigenvalue weighted by Crippen LogP contribution is -2.02. The number of hydrogen-bond donors (Lipinski definition) is 0. The minimum Gasteiger partial charge on any atom is -0.293 e. The summed E-state index contributed by atoms with van der Waals surface area (Å²) in [5, 5.41) is 8.75. The van der Waals surface area contributed by atoms with Crippen molar-refractivity contribution in [3.8, 4) is 6.07 Å². The van der Waals surface area contributed by atoms with Crippen LogP contribution in [-0.2, 0) is 0 Å². The molecule has 14 heavy (non-hydrogen) atoms. The fourth-order valence-electron chi connectivity index (χ4n) is 1.12. The molecule has 0 amide bonds. The predicted molar refractivity (Wildman–Crippen MR) is 54.0 cm³/mol. The van der Waals surface area contributed by atoms with E-state index < -0.39 is 5.82 Å². The van der Waals surface area contributed by atoms with Crippen molar-refractivity contribution in [1.29, 1.82) is 5.26 Å². The molecule has 1 aromatic rings. The molecule has 0 aliphatic heterocycles. The van der Waals surface area contributed by atoms with E-state index in [0.29, 0.717) is 5.56 Å². The Morgan fingerprint density at radius 1 is 1.64 bits per heavy atom. The summed E-state index contributed by atoms with van der Waals surface area (Å²) in [7, 11) is 0. The van der Waals surface area contributed by atoms with Gasteiger partial charge in [-0.25, -0.2) is 4.39 Å². The third kappa shape index (κ3) is 1.99. The lowest BCUT2D eigenvalue weighted by molar-refractivity contribution is 0.102. The van der Waals surface area contributed by atoms with E-state index in [1.165, 1.54) is 6.07 Å². The molecule has 1 rings (SSSR count). The van der Waals surface area contributed by atoms with Crippen LogP contribution in [-0.4, -0.2) is 11.1 Å². The van der Waals surface area contributed by atoms with E-state index in [2.05, 4.69) is 15.9 Å². The summed E-state index contributed by atoms with van der Waals surface area (Å²) >= 11 is 3.00. The molecular weight excluding hydrogens is 249 g/mol. The number of nitrogens with zero attached hydrogens (tertiary/aromatic N) is 1. The van der Waals surface area contributed by atoms with Gasteiger partial charge in [0.1, 0.15) is 11.9 Å². The third-order valence-corrected chi connectivity index (χ3v) is 2.35. The summed E-state index contributed by atoms with van der Waals surface area (Å²) in [5.74, 6) is -0.840. The fraction of sp³-hybridized carbons (Fsp3) is 0.200. The van der Waals surface area contributed by atoms with Gasteiger partial charge in [-0.1, -0.05) is 15.9 Å². The molecule has 0 aliphatic rings. The van der Waals surface area contributed by atoms with Gasteiger partial charge in [-0.3, -0.25) is 4.79 Å². The van der Waals surface area contributed by atoms with Gasteiger partial charge in [0, 0.05) is 5.56 Å². The number of aryl methyl sites for hydroxylation is 1. The second-order valence-corrected chi connectivity index (χ2v) is 3.38. The van der Waals surface area contributed by atoms with Crippen LogP contribution in [0.15, 0.2) is 12.1 Å². The van der Waals surface area contributed by atoms with Gasteiger partial charge in [0.2, 0.25) is 0 Å². The van der Waals surface area contributed by atoms with Crippen LogP contribution >= 0.6 is 15.9 Å². The first-order chi connectivity index (χ1) is 6.60. The largest absolute Gasteiger partial charge is 0.293 e. The monoisotopic (exact) mass is 255 g/mol. The first-order valence-corrected chi connectivity index (χ1v) is 5.01. The number of rotatable bonds is 2. The Kier molecular flexibility index (Phi) is 3.37.